The molecule has 0 bridgehead atoms. The number of hydrogen-bond donors (Lipinski definition) is 0. The lowest BCUT2D eigenvalue weighted by Crippen LogP contribution is -2.51. The summed E-state index contributed by atoms with van der Waals surface area (Å²) in [6.07, 6.45) is 5.47. The first-order chi connectivity index (χ1) is 10.3. The molecule has 0 saturated carbocycles. The maximum Gasteiger partial charge on any atom is 0.242 e. The largest absolute Gasteiger partial charge is 0.338 e. The summed E-state index contributed by atoms with van der Waals surface area (Å²) in [5, 5.41) is 8.93. The number of para-hydroxylation sites is 1. The van der Waals surface area contributed by atoms with Gasteiger partial charge in [0.2, 0.25) is 5.91 Å². The summed E-state index contributed by atoms with van der Waals surface area (Å²) in [5.41, 5.74) is 1.10. The van der Waals surface area contributed by atoms with E-state index in [0.717, 1.165) is 10.9 Å². The van der Waals surface area contributed by atoms with Crippen LogP contribution in [0.25, 0.3) is 10.9 Å². The predicted molar refractivity (Wildman–Crippen MR) is 77.6 cm³/mol. The fourth-order valence-corrected chi connectivity index (χ4v) is 2.76. The Bertz CT molecular complexity index is 770. The molecule has 0 radical (unpaired) electrons. The van der Waals surface area contributed by atoms with Gasteiger partial charge in [0.05, 0.1) is 12.2 Å². The number of carbonyl (C=O) groups is 1. The Morgan fingerprint density at radius 2 is 2.05 bits per heavy atom. The standard InChI is InChI=1S/C15H15N5O/c21-15(19-9-13(10-19)20-8-6-16-17-20)11-18-7-5-12-3-1-2-4-14(12)18/h1-8,13H,9-11H2. The molecule has 0 unspecified atom stereocenters. The molecule has 2 aromatic heterocycles. The molecule has 6 heteroatoms. The minimum absolute atomic E-state index is 0.146. The van der Waals surface area contributed by atoms with Crippen LogP contribution in [0.4, 0.5) is 0 Å². The van der Waals surface area contributed by atoms with Crippen LogP contribution in [0.1, 0.15) is 6.04 Å². The van der Waals surface area contributed by atoms with Crippen molar-refractivity contribution < 1.29 is 4.79 Å². The van der Waals surface area contributed by atoms with E-state index >= 15 is 0 Å². The molecule has 106 valence electrons. The van der Waals surface area contributed by atoms with Gasteiger partial charge in [-0.3, -0.25) is 4.79 Å². The van der Waals surface area contributed by atoms with Crippen molar-refractivity contribution in [1.82, 2.24) is 24.5 Å². The van der Waals surface area contributed by atoms with Crippen molar-refractivity contribution in [3.63, 3.8) is 0 Å². The van der Waals surface area contributed by atoms with Crippen molar-refractivity contribution in [2.75, 3.05) is 13.1 Å². The Balaban J connectivity index is 1.43. The Morgan fingerprint density at radius 3 is 2.86 bits per heavy atom. The number of rotatable bonds is 3. The van der Waals surface area contributed by atoms with Crippen LogP contribution in [0.5, 0.6) is 0 Å². The number of carbonyl (C=O) groups excluding carboxylic acids is 1. The molecule has 1 fully saturated rings. The highest BCUT2D eigenvalue weighted by molar-refractivity contribution is 5.83. The molecule has 6 nitrogen and oxygen atoms in total. The fraction of sp³-hybridized carbons (Fsp3) is 0.267. The molecule has 1 aliphatic heterocycles. The first-order valence-corrected chi connectivity index (χ1v) is 6.99. The van der Waals surface area contributed by atoms with E-state index in [1.165, 1.54) is 0 Å². The zero-order chi connectivity index (χ0) is 14.2. The molecule has 1 aliphatic rings. The Labute approximate surface area is 121 Å². The van der Waals surface area contributed by atoms with Crippen molar-refractivity contribution in [3.05, 3.63) is 48.9 Å². The molecule has 1 amide bonds. The van der Waals surface area contributed by atoms with Gasteiger partial charge >= 0.3 is 0 Å². The molecule has 3 heterocycles. The summed E-state index contributed by atoms with van der Waals surface area (Å²) in [5.74, 6) is 0.146. The van der Waals surface area contributed by atoms with E-state index in [-0.39, 0.29) is 11.9 Å². The molecule has 0 N–H and O–H groups in total. The van der Waals surface area contributed by atoms with Crippen molar-refractivity contribution in [2.24, 2.45) is 0 Å². The summed E-state index contributed by atoms with van der Waals surface area (Å²) in [6, 6.07) is 10.4. The molecule has 1 saturated heterocycles. The Kier molecular flexibility index (Phi) is 2.73. The highest BCUT2D eigenvalue weighted by Gasteiger charge is 2.32. The quantitative estimate of drug-likeness (QED) is 0.727. The van der Waals surface area contributed by atoms with Crippen LogP contribution in [0, 0.1) is 0 Å². The molecular weight excluding hydrogens is 266 g/mol. The van der Waals surface area contributed by atoms with Gasteiger partial charge in [-0.2, -0.15) is 0 Å². The van der Waals surface area contributed by atoms with E-state index in [0.29, 0.717) is 19.6 Å². The molecule has 0 spiro atoms. The third-order valence-corrected chi connectivity index (χ3v) is 4.02. The van der Waals surface area contributed by atoms with Gasteiger partial charge in [-0.1, -0.05) is 23.4 Å². The van der Waals surface area contributed by atoms with E-state index in [2.05, 4.69) is 16.4 Å². The zero-order valence-electron chi connectivity index (χ0n) is 11.5. The molecule has 0 aliphatic carbocycles. The SMILES string of the molecule is O=C(Cn1ccc2ccccc21)N1CC(n2ccnn2)C1. The monoisotopic (exact) mass is 281 g/mol. The van der Waals surface area contributed by atoms with Crippen LogP contribution in [0.2, 0.25) is 0 Å². The minimum Gasteiger partial charge on any atom is -0.338 e. The second kappa shape index (κ2) is 4.73. The van der Waals surface area contributed by atoms with Crippen LogP contribution in [0.3, 0.4) is 0 Å². The lowest BCUT2D eigenvalue weighted by Gasteiger charge is -2.38. The summed E-state index contributed by atoms with van der Waals surface area (Å²) in [7, 11) is 0. The average Bonchev–Trinajstić information content (AvgIpc) is 3.08. The molecule has 1 aromatic carbocycles. The number of nitrogens with zero attached hydrogens (tertiary/aromatic N) is 5. The molecule has 0 atom stereocenters. The van der Waals surface area contributed by atoms with Crippen molar-refractivity contribution in [1.29, 1.82) is 0 Å². The highest BCUT2D eigenvalue weighted by atomic mass is 16.2. The first kappa shape index (κ1) is 12.1. The summed E-state index contributed by atoms with van der Waals surface area (Å²) in [6.45, 7) is 1.81. The summed E-state index contributed by atoms with van der Waals surface area (Å²) >= 11 is 0. The normalized spacial score (nSPS) is 15.3. The van der Waals surface area contributed by atoms with E-state index in [1.807, 2.05) is 50.8 Å². The first-order valence-electron chi connectivity index (χ1n) is 6.99. The molecule has 21 heavy (non-hydrogen) atoms. The number of aromatic nitrogens is 4. The number of likely N-dealkylation sites (tertiary alicyclic amines) is 1. The Morgan fingerprint density at radius 1 is 1.19 bits per heavy atom. The van der Waals surface area contributed by atoms with Crippen LogP contribution >= 0.6 is 0 Å². The van der Waals surface area contributed by atoms with Crippen molar-refractivity contribution in [3.8, 4) is 0 Å². The van der Waals surface area contributed by atoms with E-state index in [1.54, 1.807) is 6.20 Å². The van der Waals surface area contributed by atoms with Crippen LogP contribution < -0.4 is 0 Å². The molecular formula is C15H15N5O. The van der Waals surface area contributed by atoms with Gasteiger partial charge < -0.3 is 9.47 Å². The molecule has 4 rings (SSSR count). The number of benzene rings is 1. The van der Waals surface area contributed by atoms with E-state index in [9.17, 15) is 4.79 Å². The van der Waals surface area contributed by atoms with Crippen LogP contribution in [0.15, 0.2) is 48.9 Å². The van der Waals surface area contributed by atoms with Gasteiger partial charge in [0.15, 0.2) is 0 Å². The van der Waals surface area contributed by atoms with Crippen LogP contribution in [-0.4, -0.2) is 43.5 Å². The zero-order valence-corrected chi connectivity index (χ0v) is 11.5. The summed E-state index contributed by atoms with van der Waals surface area (Å²) in [4.78, 5) is 14.2. The van der Waals surface area contributed by atoms with Gasteiger partial charge in [-0.05, 0) is 17.5 Å². The number of amides is 1. The number of fused-ring (bicyclic) bond motifs is 1. The van der Waals surface area contributed by atoms with E-state index < -0.39 is 0 Å². The van der Waals surface area contributed by atoms with E-state index in [4.69, 9.17) is 0 Å². The van der Waals surface area contributed by atoms with Crippen molar-refractivity contribution >= 4 is 16.8 Å². The molecule has 3 aromatic rings. The topological polar surface area (TPSA) is 56.0 Å². The van der Waals surface area contributed by atoms with Gasteiger partial charge in [-0.15, -0.1) is 5.10 Å². The van der Waals surface area contributed by atoms with Gasteiger partial charge in [0, 0.05) is 31.0 Å². The second-order valence-corrected chi connectivity index (χ2v) is 5.34. The van der Waals surface area contributed by atoms with Gasteiger partial charge in [-0.25, -0.2) is 4.68 Å². The Hall–Kier alpha value is -2.63. The lowest BCUT2D eigenvalue weighted by atomic mass is 10.1. The lowest BCUT2D eigenvalue weighted by molar-refractivity contribution is -0.137. The third kappa shape index (κ3) is 2.08. The highest BCUT2D eigenvalue weighted by Crippen LogP contribution is 2.21. The maximum atomic E-state index is 12.3. The third-order valence-electron chi connectivity index (χ3n) is 4.02. The second-order valence-electron chi connectivity index (χ2n) is 5.34. The average molecular weight is 281 g/mol. The number of hydrogen-bond acceptors (Lipinski definition) is 3. The van der Waals surface area contributed by atoms with Gasteiger partial charge in [0.1, 0.15) is 6.54 Å². The summed E-state index contributed by atoms with van der Waals surface area (Å²) < 4.78 is 3.81. The van der Waals surface area contributed by atoms with Crippen LogP contribution in [-0.2, 0) is 11.3 Å². The smallest absolute Gasteiger partial charge is 0.242 e. The minimum atomic E-state index is 0.146. The fourth-order valence-electron chi connectivity index (χ4n) is 2.76. The predicted octanol–water partition coefficient (Wildman–Crippen LogP) is 1.32. The maximum absolute atomic E-state index is 12.3. The van der Waals surface area contributed by atoms with Gasteiger partial charge in [0.25, 0.3) is 0 Å². The van der Waals surface area contributed by atoms with Crippen molar-refractivity contribution in [2.45, 2.75) is 12.6 Å².